The van der Waals surface area contributed by atoms with Crippen molar-refractivity contribution in [2.24, 2.45) is 11.8 Å². The van der Waals surface area contributed by atoms with Crippen LogP contribution in [0.25, 0.3) is 0 Å². The summed E-state index contributed by atoms with van der Waals surface area (Å²) in [5.74, 6) is 1.33. The minimum atomic E-state index is -3.57. The molecule has 0 spiro atoms. The maximum Gasteiger partial charge on any atom is 0.246 e. The van der Waals surface area contributed by atoms with Crippen molar-refractivity contribution in [3.63, 3.8) is 0 Å². The average Bonchev–Trinajstić information content (AvgIpc) is 2.98. The van der Waals surface area contributed by atoms with E-state index in [9.17, 15) is 8.42 Å². The van der Waals surface area contributed by atoms with Gasteiger partial charge in [-0.15, -0.1) is 0 Å². The Morgan fingerprint density at radius 1 is 1.29 bits per heavy atom. The smallest absolute Gasteiger partial charge is 0.246 e. The van der Waals surface area contributed by atoms with E-state index in [4.69, 9.17) is 16.3 Å². The Labute approximate surface area is 138 Å². The van der Waals surface area contributed by atoms with Crippen LogP contribution in [0.3, 0.4) is 0 Å². The number of fused-ring (bicyclic) bond motifs is 1. The van der Waals surface area contributed by atoms with Crippen LogP contribution in [0.1, 0.15) is 19.3 Å². The lowest BCUT2D eigenvalue weighted by Gasteiger charge is -2.20. The van der Waals surface area contributed by atoms with Crippen molar-refractivity contribution in [1.29, 1.82) is 0 Å². The molecule has 1 aromatic rings. The summed E-state index contributed by atoms with van der Waals surface area (Å²) in [5.41, 5.74) is 0. The maximum atomic E-state index is 12.9. The quantitative estimate of drug-likeness (QED) is 0.788. The average molecular weight is 395 g/mol. The maximum absolute atomic E-state index is 12.9. The summed E-state index contributed by atoms with van der Waals surface area (Å²) in [5, 5.41) is 0.376. The summed E-state index contributed by atoms with van der Waals surface area (Å²) in [6.45, 7) is 1.22. The number of hydrogen-bond acceptors (Lipinski definition) is 3. The molecule has 2 fully saturated rings. The van der Waals surface area contributed by atoms with Crippen LogP contribution in [-0.4, -0.2) is 32.9 Å². The van der Waals surface area contributed by atoms with E-state index in [0.29, 0.717) is 40.2 Å². The number of sulfonamides is 1. The van der Waals surface area contributed by atoms with Gasteiger partial charge in [-0.2, -0.15) is 4.31 Å². The van der Waals surface area contributed by atoms with Crippen LogP contribution < -0.4 is 4.74 Å². The number of nitrogens with zero attached hydrogens (tertiary/aromatic N) is 1. The first-order valence-corrected chi connectivity index (χ1v) is 9.57. The van der Waals surface area contributed by atoms with Gasteiger partial charge >= 0.3 is 0 Å². The number of hydrogen-bond donors (Lipinski definition) is 0. The molecule has 116 valence electrons. The molecular formula is C14H17BrClNO3S. The molecule has 0 N–H and O–H groups in total. The molecular weight excluding hydrogens is 378 g/mol. The van der Waals surface area contributed by atoms with Crippen molar-refractivity contribution >= 4 is 37.6 Å². The van der Waals surface area contributed by atoms with Crippen LogP contribution in [0.2, 0.25) is 5.02 Å². The first kappa shape index (κ1) is 15.6. The highest BCUT2D eigenvalue weighted by Crippen LogP contribution is 2.42. The molecule has 1 aromatic carbocycles. The van der Waals surface area contributed by atoms with Crippen LogP contribution in [0.15, 0.2) is 21.5 Å². The van der Waals surface area contributed by atoms with Crippen molar-refractivity contribution in [3.05, 3.63) is 21.6 Å². The van der Waals surface area contributed by atoms with Gasteiger partial charge in [0.1, 0.15) is 4.90 Å². The molecule has 0 amide bonds. The topological polar surface area (TPSA) is 46.6 Å². The van der Waals surface area contributed by atoms with Crippen LogP contribution >= 0.6 is 27.5 Å². The summed E-state index contributed by atoms with van der Waals surface area (Å²) in [6.07, 6.45) is 3.48. The SMILES string of the molecule is COc1c(Br)cc(Cl)cc1S(=O)(=O)N1C[C@H]2CCC[C@@H]2C1. The van der Waals surface area contributed by atoms with E-state index >= 15 is 0 Å². The lowest BCUT2D eigenvalue weighted by atomic mass is 10.0. The van der Waals surface area contributed by atoms with Crippen molar-refractivity contribution in [1.82, 2.24) is 4.31 Å². The molecule has 0 aromatic heterocycles. The highest BCUT2D eigenvalue weighted by molar-refractivity contribution is 9.10. The second kappa shape index (κ2) is 5.72. The van der Waals surface area contributed by atoms with Gasteiger partial charge in [-0.05, 0) is 52.7 Å². The van der Waals surface area contributed by atoms with Crippen LogP contribution in [0.4, 0.5) is 0 Å². The fourth-order valence-corrected chi connectivity index (χ4v) is 6.38. The lowest BCUT2D eigenvalue weighted by Crippen LogP contribution is -2.30. The highest BCUT2D eigenvalue weighted by atomic mass is 79.9. The Bertz CT molecular complexity index is 652. The van der Waals surface area contributed by atoms with E-state index in [2.05, 4.69) is 15.9 Å². The molecule has 2 atom stereocenters. The van der Waals surface area contributed by atoms with Gasteiger partial charge in [0.25, 0.3) is 0 Å². The van der Waals surface area contributed by atoms with Gasteiger partial charge in [-0.3, -0.25) is 0 Å². The molecule has 7 heteroatoms. The third-order valence-corrected chi connectivity index (χ3v) is 7.13. The minimum absolute atomic E-state index is 0.143. The minimum Gasteiger partial charge on any atom is -0.494 e. The van der Waals surface area contributed by atoms with Crippen LogP contribution in [0, 0.1) is 11.8 Å². The predicted molar refractivity (Wildman–Crippen MR) is 85.3 cm³/mol. The Morgan fingerprint density at radius 2 is 1.90 bits per heavy atom. The number of benzene rings is 1. The third kappa shape index (κ3) is 2.71. The fraction of sp³-hybridized carbons (Fsp3) is 0.571. The van der Waals surface area contributed by atoms with E-state index in [1.807, 2.05) is 0 Å². The van der Waals surface area contributed by atoms with Gasteiger partial charge < -0.3 is 4.74 Å². The zero-order valence-electron chi connectivity index (χ0n) is 11.7. The molecule has 0 unspecified atom stereocenters. The van der Waals surface area contributed by atoms with Gasteiger partial charge in [0.15, 0.2) is 5.75 Å². The van der Waals surface area contributed by atoms with Crippen LogP contribution in [-0.2, 0) is 10.0 Å². The first-order valence-electron chi connectivity index (χ1n) is 6.96. The van der Waals surface area contributed by atoms with Gasteiger partial charge in [0.2, 0.25) is 10.0 Å². The summed E-state index contributed by atoms with van der Waals surface area (Å²) >= 11 is 9.33. The highest BCUT2D eigenvalue weighted by Gasteiger charge is 2.42. The number of rotatable bonds is 3. The normalized spacial score (nSPS) is 26.0. The van der Waals surface area contributed by atoms with E-state index in [-0.39, 0.29) is 4.90 Å². The van der Waals surface area contributed by atoms with Crippen molar-refractivity contribution in [3.8, 4) is 5.75 Å². The second-order valence-electron chi connectivity index (χ2n) is 5.69. The Hall–Kier alpha value is -0.300. The number of methoxy groups -OCH3 is 1. The third-order valence-electron chi connectivity index (χ3n) is 4.49. The molecule has 1 aliphatic heterocycles. The van der Waals surface area contributed by atoms with Gasteiger partial charge in [-0.25, -0.2) is 8.42 Å². The molecule has 21 heavy (non-hydrogen) atoms. The van der Waals surface area contributed by atoms with Crippen molar-refractivity contribution in [2.75, 3.05) is 20.2 Å². The first-order chi connectivity index (χ1) is 9.93. The fourth-order valence-electron chi connectivity index (χ4n) is 3.45. The molecule has 0 bridgehead atoms. The molecule has 1 saturated heterocycles. The summed E-state index contributed by atoms with van der Waals surface area (Å²) in [7, 11) is -2.11. The zero-order valence-corrected chi connectivity index (χ0v) is 14.8. The Morgan fingerprint density at radius 3 is 2.48 bits per heavy atom. The monoisotopic (exact) mass is 393 g/mol. The zero-order chi connectivity index (χ0) is 15.2. The molecule has 1 heterocycles. The summed E-state index contributed by atoms with van der Waals surface area (Å²) < 4.78 is 33.2. The molecule has 0 radical (unpaired) electrons. The van der Waals surface area contributed by atoms with E-state index in [1.165, 1.54) is 19.6 Å². The van der Waals surface area contributed by atoms with E-state index < -0.39 is 10.0 Å². The van der Waals surface area contributed by atoms with Gasteiger partial charge in [-0.1, -0.05) is 18.0 Å². The molecule has 1 saturated carbocycles. The Balaban J connectivity index is 1.99. The Kier molecular flexibility index (Phi) is 4.25. The van der Waals surface area contributed by atoms with Gasteiger partial charge in [0, 0.05) is 18.1 Å². The van der Waals surface area contributed by atoms with E-state index in [0.717, 1.165) is 12.8 Å². The second-order valence-corrected chi connectivity index (χ2v) is 8.89. The molecule has 3 rings (SSSR count). The molecule has 2 aliphatic rings. The van der Waals surface area contributed by atoms with Crippen molar-refractivity contribution < 1.29 is 13.2 Å². The largest absolute Gasteiger partial charge is 0.494 e. The van der Waals surface area contributed by atoms with Gasteiger partial charge in [0.05, 0.1) is 11.6 Å². The standard InChI is InChI=1S/C14H17BrClNO3S/c1-20-14-12(15)5-11(16)6-13(14)21(18,19)17-7-9-3-2-4-10(9)8-17/h5-6,9-10H,2-4,7-8H2,1H3/t9-,10-/m1/s1. The summed E-state index contributed by atoms with van der Waals surface area (Å²) in [4.78, 5) is 0.143. The van der Waals surface area contributed by atoms with Crippen LogP contribution in [0.5, 0.6) is 5.75 Å². The van der Waals surface area contributed by atoms with E-state index in [1.54, 1.807) is 10.4 Å². The predicted octanol–water partition coefficient (Wildman–Crippen LogP) is 3.53. The van der Waals surface area contributed by atoms with Crippen molar-refractivity contribution in [2.45, 2.75) is 24.2 Å². The number of ether oxygens (including phenoxy) is 1. The molecule has 1 aliphatic carbocycles. The molecule has 4 nitrogen and oxygen atoms in total. The summed E-state index contributed by atoms with van der Waals surface area (Å²) in [6, 6.07) is 3.10. The lowest BCUT2D eigenvalue weighted by molar-refractivity contribution is 0.393. The number of halogens is 2.